The summed E-state index contributed by atoms with van der Waals surface area (Å²) in [4.78, 5) is 11.9. The summed E-state index contributed by atoms with van der Waals surface area (Å²) in [5.74, 6) is -0.0428. The highest BCUT2D eigenvalue weighted by Gasteiger charge is 2.37. The molecular formula is C17H15NO. The molecule has 0 aromatic heterocycles. The average Bonchev–Trinajstić information content (AvgIpc) is 2.77. The van der Waals surface area contributed by atoms with Crippen LogP contribution in [0.2, 0.25) is 0 Å². The third kappa shape index (κ3) is 2.06. The lowest BCUT2D eigenvalue weighted by molar-refractivity contribution is -0.116. The van der Waals surface area contributed by atoms with Crippen LogP contribution in [0.4, 0.5) is 0 Å². The Morgan fingerprint density at radius 2 is 1.37 bits per heavy atom. The highest BCUT2D eigenvalue weighted by Crippen LogP contribution is 2.40. The van der Waals surface area contributed by atoms with Crippen molar-refractivity contribution in [3.05, 3.63) is 83.9 Å². The summed E-state index contributed by atoms with van der Waals surface area (Å²) in [5, 5.41) is 3.03. The number of carbonyl (C=O) groups is 1. The molecule has 0 aliphatic carbocycles. The van der Waals surface area contributed by atoms with Crippen molar-refractivity contribution in [3.8, 4) is 0 Å². The molecule has 0 spiro atoms. The molecule has 0 saturated carbocycles. The molecule has 2 heteroatoms. The molecule has 2 nitrogen and oxygen atoms in total. The first-order chi connectivity index (χ1) is 9.27. The molecule has 0 unspecified atom stereocenters. The first kappa shape index (κ1) is 11.7. The van der Waals surface area contributed by atoms with E-state index in [0.717, 1.165) is 11.1 Å². The molecule has 94 valence electrons. The Morgan fingerprint density at radius 1 is 0.842 bits per heavy atom. The molecule has 2 atom stereocenters. The van der Waals surface area contributed by atoms with Crippen LogP contribution in [-0.2, 0) is 4.79 Å². The second kappa shape index (κ2) is 4.73. The monoisotopic (exact) mass is 249 g/mol. The predicted molar refractivity (Wildman–Crippen MR) is 75.6 cm³/mol. The second-order valence-corrected chi connectivity index (χ2v) is 4.78. The number of carbonyl (C=O) groups excluding carboxylic acids is 1. The minimum atomic E-state index is -0.0530. The molecule has 0 bridgehead atoms. The summed E-state index contributed by atoms with van der Waals surface area (Å²) in [7, 11) is 0. The van der Waals surface area contributed by atoms with Gasteiger partial charge in [-0.15, -0.1) is 0 Å². The molecule has 3 rings (SSSR count). The van der Waals surface area contributed by atoms with Crippen LogP contribution >= 0.6 is 0 Å². The van der Waals surface area contributed by atoms with Gasteiger partial charge in [-0.05, 0) is 11.1 Å². The summed E-state index contributed by atoms with van der Waals surface area (Å²) in [6.07, 6.45) is 0. The van der Waals surface area contributed by atoms with Gasteiger partial charge in [0.15, 0.2) is 0 Å². The van der Waals surface area contributed by atoms with Gasteiger partial charge in [0.25, 0.3) is 0 Å². The topological polar surface area (TPSA) is 29.1 Å². The molecule has 1 amide bonds. The first-order valence-corrected chi connectivity index (χ1v) is 6.37. The molecule has 19 heavy (non-hydrogen) atoms. The summed E-state index contributed by atoms with van der Waals surface area (Å²) in [5.41, 5.74) is 2.88. The van der Waals surface area contributed by atoms with Crippen LogP contribution in [0.15, 0.2) is 72.8 Å². The first-order valence-electron chi connectivity index (χ1n) is 6.37. The van der Waals surface area contributed by atoms with Gasteiger partial charge in [0.05, 0.1) is 6.04 Å². The van der Waals surface area contributed by atoms with Crippen LogP contribution in [0.3, 0.4) is 0 Å². The minimum Gasteiger partial charge on any atom is -0.345 e. The van der Waals surface area contributed by atoms with Crippen molar-refractivity contribution >= 4 is 5.91 Å². The third-order valence-corrected chi connectivity index (χ3v) is 3.60. The zero-order chi connectivity index (χ0) is 13.2. The Labute approximate surface area is 112 Å². The Bertz CT molecular complexity index is 604. The van der Waals surface area contributed by atoms with Gasteiger partial charge in [-0.3, -0.25) is 4.79 Å². The molecular weight excluding hydrogens is 234 g/mol. The van der Waals surface area contributed by atoms with Crippen molar-refractivity contribution in [3.63, 3.8) is 0 Å². The molecule has 2 aromatic carbocycles. The highest BCUT2D eigenvalue weighted by molar-refractivity contribution is 5.97. The lowest BCUT2D eigenvalue weighted by Crippen LogP contribution is -2.20. The lowest BCUT2D eigenvalue weighted by Gasteiger charge is -2.20. The Kier molecular flexibility index (Phi) is 2.92. The molecule has 1 N–H and O–H groups in total. The van der Waals surface area contributed by atoms with E-state index < -0.39 is 0 Å². The van der Waals surface area contributed by atoms with Gasteiger partial charge >= 0.3 is 0 Å². The predicted octanol–water partition coefficient (Wildman–Crippen LogP) is 3.20. The van der Waals surface area contributed by atoms with E-state index in [9.17, 15) is 4.79 Å². The van der Waals surface area contributed by atoms with Gasteiger partial charge in [0.1, 0.15) is 0 Å². The summed E-state index contributed by atoms with van der Waals surface area (Å²) < 4.78 is 0. The standard InChI is InChI=1S/C17H15NO/c1-12-15(13-8-4-2-5-9-13)16(18-17(12)19)14-10-6-3-7-11-14/h2-11,15-16H,1H2,(H,18,19)/t15-,16-/m0/s1. The minimum absolute atomic E-state index is 0.0103. The zero-order valence-electron chi connectivity index (χ0n) is 10.5. The van der Waals surface area contributed by atoms with Gasteiger partial charge in [-0.2, -0.15) is 0 Å². The van der Waals surface area contributed by atoms with Crippen molar-refractivity contribution in [1.82, 2.24) is 5.32 Å². The normalized spacial score (nSPS) is 22.3. The van der Waals surface area contributed by atoms with E-state index in [1.807, 2.05) is 60.7 Å². The summed E-state index contributed by atoms with van der Waals surface area (Å²) in [6.45, 7) is 3.96. The number of amides is 1. The molecule has 1 heterocycles. The maximum atomic E-state index is 11.9. The van der Waals surface area contributed by atoms with Crippen molar-refractivity contribution in [2.75, 3.05) is 0 Å². The summed E-state index contributed by atoms with van der Waals surface area (Å²) in [6, 6.07) is 20.1. The number of nitrogens with one attached hydrogen (secondary N) is 1. The van der Waals surface area contributed by atoms with E-state index in [4.69, 9.17) is 0 Å². The maximum absolute atomic E-state index is 11.9. The fourth-order valence-electron chi connectivity index (χ4n) is 2.65. The van der Waals surface area contributed by atoms with Crippen LogP contribution in [0, 0.1) is 0 Å². The maximum Gasteiger partial charge on any atom is 0.247 e. The van der Waals surface area contributed by atoms with Gasteiger partial charge in [0.2, 0.25) is 5.91 Å². The fraction of sp³-hybridized carbons (Fsp3) is 0.118. The van der Waals surface area contributed by atoms with E-state index in [-0.39, 0.29) is 17.9 Å². The molecule has 1 aliphatic rings. The van der Waals surface area contributed by atoms with Gasteiger partial charge in [0, 0.05) is 11.5 Å². The third-order valence-electron chi connectivity index (χ3n) is 3.60. The Balaban J connectivity index is 2.04. The summed E-state index contributed by atoms with van der Waals surface area (Å²) >= 11 is 0. The highest BCUT2D eigenvalue weighted by atomic mass is 16.2. The SMILES string of the molecule is C=C1C(=O)N[C@@H](c2ccccc2)[C@@H]1c1ccccc1. The van der Waals surface area contributed by atoms with E-state index in [1.165, 1.54) is 0 Å². The van der Waals surface area contributed by atoms with Crippen LogP contribution in [0.1, 0.15) is 23.1 Å². The number of rotatable bonds is 2. The molecule has 1 aliphatic heterocycles. The lowest BCUT2D eigenvalue weighted by atomic mass is 9.85. The van der Waals surface area contributed by atoms with Gasteiger partial charge in [-0.1, -0.05) is 67.2 Å². The van der Waals surface area contributed by atoms with Crippen molar-refractivity contribution in [1.29, 1.82) is 0 Å². The van der Waals surface area contributed by atoms with Gasteiger partial charge < -0.3 is 5.32 Å². The fourth-order valence-corrected chi connectivity index (χ4v) is 2.65. The van der Waals surface area contributed by atoms with Crippen LogP contribution < -0.4 is 5.32 Å². The zero-order valence-corrected chi connectivity index (χ0v) is 10.5. The van der Waals surface area contributed by atoms with Crippen LogP contribution in [0.5, 0.6) is 0 Å². The Morgan fingerprint density at radius 3 is 1.95 bits per heavy atom. The number of hydrogen-bond acceptors (Lipinski definition) is 1. The van der Waals surface area contributed by atoms with Crippen LogP contribution in [-0.4, -0.2) is 5.91 Å². The molecule has 2 aromatic rings. The quantitative estimate of drug-likeness (QED) is 0.814. The smallest absolute Gasteiger partial charge is 0.247 e. The van der Waals surface area contributed by atoms with E-state index in [0.29, 0.717) is 5.57 Å². The number of hydrogen-bond donors (Lipinski definition) is 1. The molecule has 1 saturated heterocycles. The number of benzene rings is 2. The molecule has 0 radical (unpaired) electrons. The van der Waals surface area contributed by atoms with E-state index >= 15 is 0 Å². The average molecular weight is 249 g/mol. The second-order valence-electron chi connectivity index (χ2n) is 4.78. The van der Waals surface area contributed by atoms with E-state index in [2.05, 4.69) is 11.9 Å². The van der Waals surface area contributed by atoms with Gasteiger partial charge in [-0.25, -0.2) is 0 Å². The van der Waals surface area contributed by atoms with Crippen molar-refractivity contribution in [2.45, 2.75) is 12.0 Å². The van der Waals surface area contributed by atoms with E-state index in [1.54, 1.807) is 0 Å². The Hall–Kier alpha value is -2.35. The van der Waals surface area contributed by atoms with Crippen molar-refractivity contribution < 1.29 is 4.79 Å². The van der Waals surface area contributed by atoms with Crippen LogP contribution in [0.25, 0.3) is 0 Å². The van der Waals surface area contributed by atoms with Crippen molar-refractivity contribution in [2.24, 2.45) is 0 Å². The molecule has 1 fully saturated rings. The largest absolute Gasteiger partial charge is 0.345 e.